The largest absolute Gasteiger partial charge is 0.481 e. The Bertz CT molecular complexity index is 478. The van der Waals surface area contributed by atoms with E-state index in [0.717, 1.165) is 37.5 Å². The monoisotopic (exact) mass is 233 g/mol. The third-order valence-corrected chi connectivity index (χ3v) is 3.72. The van der Waals surface area contributed by atoms with Crippen LogP contribution >= 0.6 is 0 Å². The lowest BCUT2D eigenvalue weighted by atomic mass is 9.82. The Balaban J connectivity index is 1.96. The number of rotatable bonds is 2. The highest BCUT2D eigenvalue weighted by molar-refractivity contribution is 5.71. The van der Waals surface area contributed by atoms with Crippen molar-refractivity contribution in [3.05, 3.63) is 23.8 Å². The number of aromatic nitrogens is 3. The maximum atomic E-state index is 11.3. The molecule has 1 aliphatic heterocycles. The van der Waals surface area contributed by atoms with Crippen molar-refractivity contribution in [2.45, 2.75) is 38.1 Å². The summed E-state index contributed by atoms with van der Waals surface area (Å²) in [7, 11) is 0. The molecule has 0 radical (unpaired) electrons. The van der Waals surface area contributed by atoms with Crippen molar-refractivity contribution < 1.29 is 9.90 Å². The molecule has 5 heteroatoms. The van der Waals surface area contributed by atoms with Crippen molar-refractivity contribution in [3.63, 3.8) is 0 Å². The van der Waals surface area contributed by atoms with Crippen LogP contribution < -0.4 is 0 Å². The molecule has 2 atom stereocenters. The molecule has 90 valence electrons. The summed E-state index contributed by atoms with van der Waals surface area (Å²) in [6, 6.07) is 0. The number of fused-ring (bicyclic) bond motifs is 1. The van der Waals surface area contributed by atoms with Gasteiger partial charge in [-0.05, 0) is 19.3 Å². The number of hydrogen-bond acceptors (Lipinski definition) is 3. The van der Waals surface area contributed by atoms with Gasteiger partial charge in [-0.25, -0.2) is 0 Å². The summed E-state index contributed by atoms with van der Waals surface area (Å²) < 4.78 is 2.11. The maximum absolute atomic E-state index is 11.3. The minimum absolute atomic E-state index is 0.0168. The van der Waals surface area contributed by atoms with Crippen LogP contribution in [-0.2, 0) is 17.8 Å². The molecule has 1 aromatic rings. The van der Waals surface area contributed by atoms with Crippen LogP contribution in [0.4, 0.5) is 0 Å². The summed E-state index contributed by atoms with van der Waals surface area (Å²) in [5.74, 6) is 0.786. The van der Waals surface area contributed by atoms with Crippen LogP contribution in [0.3, 0.4) is 0 Å². The molecule has 0 saturated heterocycles. The molecule has 5 nitrogen and oxygen atoms in total. The molecule has 0 fully saturated rings. The van der Waals surface area contributed by atoms with Gasteiger partial charge in [0.1, 0.15) is 11.6 Å². The van der Waals surface area contributed by atoms with E-state index in [-0.39, 0.29) is 11.8 Å². The quantitative estimate of drug-likeness (QED) is 0.783. The third kappa shape index (κ3) is 1.66. The first-order chi connectivity index (χ1) is 8.27. The van der Waals surface area contributed by atoms with E-state index in [0.29, 0.717) is 6.42 Å². The summed E-state index contributed by atoms with van der Waals surface area (Å²) in [5, 5.41) is 17.6. The standard InChI is InChI=1S/C12H15N3O2/c16-12(17)9-5-2-1-4-8(9)11-14-13-10-6-3-7-15(10)11/h1-2,8-9H,3-7H2,(H,16,17)/t8-,9+/m1/s1. The fourth-order valence-electron chi connectivity index (χ4n) is 2.82. The van der Waals surface area contributed by atoms with Crippen LogP contribution in [0.25, 0.3) is 0 Å². The second kappa shape index (κ2) is 3.98. The summed E-state index contributed by atoms with van der Waals surface area (Å²) in [4.78, 5) is 11.3. The van der Waals surface area contributed by atoms with E-state index in [1.807, 2.05) is 6.08 Å². The van der Waals surface area contributed by atoms with Gasteiger partial charge < -0.3 is 9.67 Å². The molecular weight excluding hydrogens is 218 g/mol. The molecule has 0 unspecified atom stereocenters. The van der Waals surface area contributed by atoms with Crippen LogP contribution in [0.15, 0.2) is 12.2 Å². The number of aliphatic carboxylic acids is 1. The Morgan fingerprint density at radius 1 is 1.35 bits per heavy atom. The van der Waals surface area contributed by atoms with Gasteiger partial charge in [0.15, 0.2) is 0 Å². The minimum atomic E-state index is -0.727. The average molecular weight is 233 g/mol. The highest BCUT2D eigenvalue weighted by Gasteiger charge is 2.34. The molecule has 2 aliphatic rings. The predicted molar refractivity (Wildman–Crippen MR) is 60.6 cm³/mol. The van der Waals surface area contributed by atoms with Crippen LogP contribution in [0.1, 0.15) is 36.8 Å². The molecule has 0 saturated carbocycles. The van der Waals surface area contributed by atoms with Crippen molar-refractivity contribution in [2.75, 3.05) is 0 Å². The van der Waals surface area contributed by atoms with Gasteiger partial charge in [0.2, 0.25) is 0 Å². The van der Waals surface area contributed by atoms with Crippen LogP contribution in [0.2, 0.25) is 0 Å². The van der Waals surface area contributed by atoms with E-state index in [1.54, 1.807) is 0 Å². The highest BCUT2D eigenvalue weighted by Crippen LogP contribution is 2.35. The lowest BCUT2D eigenvalue weighted by molar-refractivity contribution is -0.142. The Hall–Kier alpha value is -1.65. The fourth-order valence-corrected chi connectivity index (χ4v) is 2.82. The van der Waals surface area contributed by atoms with Crippen molar-refractivity contribution in [2.24, 2.45) is 5.92 Å². The molecular formula is C12H15N3O2. The Morgan fingerprint density at radius 2 is 2.18 bits per heavy atom. The Kier molecular flexibility index (Phi) is 2.46. The zero-order valence-corrected chi connectivity index (χ0v) is 9.54. The number of allylic oxidation sites excluding steroid dienone is 2. The van der Waals surface area contributed by atoms with Crippen LogP contribution in [-0.4, -0.2) is 25.8 Å². The Morgan fingerprint density at radius 3 is 3.00 bits per heavy atom. The second-order valence-electron chi connectivity index (χ2n) is 4.72. The van der Waals surface area contributed by atoms with Crippen LogP contribution in [0, 0.1) is 5.92 Å². The SMILES string of the molecule is O=C(O)[C@H]1CC=CC[C@H]1c1nnc2n1CCC2. The molecule has 0 aromatic carbocycles. The van der Waals surface area contributed by atoms with Gasteiger partial charge in [-0.3, -0.25) is 4.79 Å². The van der Waals surface area contributed by atoms with E-state index in [9.17, 15) is 9.90 Å². The number of carboxylic acids is 1. The molecule has 0 spiro atoms. The molecule has 1 aliphatic carbocycles. The molecule has 17 heavy (non-hydrogen) atoms. The lowest BCUT2D eigenvalue weighted by Crippen LogP contribution is -2.25. The van der Waals surface area contributed by atoms with Crippen LogP contribution in [0.5, 0.6) is 0 Å². The molecule has 1 N–H and O–H groups in total. The number of hydrogen-bond donors (Lipinski definition) is 1. The fraction of sp³-hybridized carbons (Fsp3) is 0.583. The van der Waals surface area contributed by atoms with Gasteiger partial charge in [0.25, 0.3) is 0 Å². The van der Waals surface area contributed by atoms with Crippen molar-refractivity contribution in [3.8, 4) is 0 Å². The third-order valence-electron chi connectivity index (χ3n) is 3.72. The first-order valence-electron chi connectivity index (χ1n) is 6.07. The molecule has 3 rings (SSSR count). The lowest BCUT2D eigenvalue weighted by Gasteiger charge is -2.24. The predicted octanol–water partition coefficient (Wildman–Crippen LogP) is 1.36. The van der Waals surface area contributed by atoms with Crippen molar-refractivity contribution in [1.29, 1.82) is 0 Å². The number of aryl methyl sites for hydroxylation is 1. The van der Waals surface area contributed by atoms with E-state index < -0.39 is 5.97 Å². The molecule has 2 heterocycles. The van der Waals surface area contributed by atoms with Gasteiger partial charge in [0, 0.05) is 18.9 Å². The van der Waals surface area contributed by atoms with E-state index in [1.165, 1.54) is 0 Å². The smallest absolute Gasteiger partial charge is 0.307 e. The summed E-state index contributed by atoms with van der Waals surface area (Å²) in [5.41, 5.74) is 0. The number of nitrogens with zero attached hydrogens (tertiary/aromatic N) is 3. The minimum Gasteiger partial charge on any atom is -0.481 e. The first-order valence-corrected chi connectivity index (χ1v) is 6.07. The first kappa shape index (κ1) is 10.5. The number of carboxylic acid groups (broad SMARTS) is 1. The normalized spacial score (nSPS) is 27.1. The van der Waals surface area contributed by atoms with Gasteiger partial charge >= 0.3 is 5.97 Å². The average Bonchev–Trinajstić information content (AvgIpc) is 2.90. The summed E-state index contributed by atoms with van der Waals surface area (Å²) >= 11 is 0. The second-order valence-corrected chi connectivity index (χ2v) is 4.72. The molecule has 0 bridgehead atoms. The highest BCUT2D eigenvalue weighted by atomic mass is 16.4. The summed E-state index contributed by atoms with van der Waals surface area (Å²) in [6.45, 7) is 0.935. The van der Waals surface area contributed by atoms with Gasteiger partial charge in [-0.2, -0.15) is 0 Å². The van der Waals surface area contributed by atoms with Gasteiger partial charge in [-0.15, -0.1) is 10.2 Å². The topological polar surface area (TPSA) is 68.0 Å². The van der Waals surface area contributed by atoms with Gasteiger partial charge in [-0.1, -0.05) is 12.2 Å². The van der Waals surface area contributed by atoms with E-state index >= 15 is 0 Å². The van der Waals surface area contributed by atoms with Crippen molar-refractivity contribution >= 4 is 5.97 Å². The molecule has 1 aromatic heterocycles. The Labute approximate surface area is 99.2 Å². The molecule has 0 amide bonds. The van der Waals surface area contributed by atoms with E-state index in [4.69, 9.17) is 0 Å². The zero-order chi connectivity index (χ0) is 11.8. The van der Waals surface area contributed by atoms with Gasteiger partial charge in [0.05, 0.1) is 5.92 Å². The number of carbonyl (C=O) groups is 1. The zero-order valence-electron chi connectivity index (χ0n) is 9.54. The van der Waals surface area contributed by atoms with E-state index in [2.05, 4.69) is 20.8 Å². The van der Waals surface area contributed by atoms with Crippen molar-refractivity contribution in [1.82, 2.24) is 14.8 Å². The summed E-state index contributed by atoms with van der Waals surface area (Å²) in [6.07, 6.45) is 7.43. The maximum Gasteiger partial charge on any atom is 0.307 e.